The summed E-state index contributed by atoms with van der Waals surface area (Å²) in [5.41, 5.74) is 0.585. The number of halogens is 4. The molecule has 0 aliphatic carbocycles. The highest BCUT2D eigenvalue weighted by Gasteiger charge is 2.34. The van der Waals surface area contributed by atoms with Crippen molar-refractivity contribution in [2.24, 2.45) is 4.99 Å². The normalized spacial score (nSPS) is 17.7. The second-order valence-electron chi connectivity index (χ2n) is 6.36. The van der Waals surface area contributed by atoms with E-state index in [1.807, 2.05) is 13.0 Å². The predicted molar refractivity (Wildman–Crippen MR) is 114 cm³/mol. The number of carbonyl (C=O) groups is 1. The second-order valence-corrected chi connectivity index (χ2v) is 6.36. The Hall–Kier alpha value is -1.56. The van der Waals surface area contributed by atoms with Crippen molar-refractivity contribution in [2.75, 3.05) is 39.3 Å². The molecule has 1 fully saturated rings. The molecule has 6 nitrogen and oxygen atoms in total. The van der Waals surface area contributed by atoms with E-state index in [2.05, 4.69) is 20.9 Å². The van der Waals surface area contributed by atoms with Gasteiger partial charge in [-0.3, -0.25) is 14.7 Å². The van der Waals surface area contributed by atoms with Crippen LogP contribution in [0.1, 0.15) is 23.7 Å². The molecule has 10 heteroatoms. The molecule has 1 aromatic rings. The minimum Gasteiger partial charge on any atom is -0.357 e. The molecule has 3 N–H and O–H groups in total. The molecule has 0 spiro atoms. The number of likely N-dealkylation sites (tertiary alicyclic amines) is 1. The SMILES string of the molecule is CCNC(=NCCNC(=O)c1ccccc1)NC1CCN(CC(F)(F)F)C1.I. The molecule has 1 aliphatic rings. The molecule has 1 heterocycles. The Bertz CT molecular complexity index is 627. The maximum absolute atomic E-state index is 12.5. The summed E-state index contributed by atoms with van der Waals surface area (Å²) in [5.74, 6) is 0.382. The van der Waals surface area contributed by atoms with E-state index >= 15 is 0 Å². The zero-order valence-corrected chi connectivity index (χ0v) is 18.1. The summed E-state index contributed by atoms with van der Waals surface area (Å²) in [6.07, 6.45) is -3.55. The van der Waals surface area contributed by atoms with E-state index in [0.717, 1.165) is 0 Å². The first kappa shape index (κ1) is 24.5. The molecule has 0 saturated carbocycles. The number of nitrogens with zero attached hydrogens (tertiary/aromatic N) is 2. The van der Waals surface area contributed by atoms with Gasteiger partial charge < -0.3 is 16.0 Å². The molecule has 28 heavy (non-hydrogen) atoms. The molecule has 1 unspecified atom stereocenters. The monoisotopic (exact) mass is 513 g/mol. The molecule has 1 saturated heterocycles. The number of nitrogens with one attached hydrogen (secondary N) is 3. The first-order chi connectivity index (χ1) is 12.9. The highest BCUT2D eigenvalue weighted by molar-refractivity contribution is 14.0. The van der Waals surface area contributed by atoms with Gasteiger partial charge >= 0.3 is 6.18 Å². The van der Waals surface area contributed by atoms with Gasteiger partial charge in [0, 0.05) is 37.8 Å². The molecule has 0 aromatic heterocycles. The third-order valence-electron chi connectivity index (χ3n) is 4.06. The molecular weight excluding hydrogens is 486 g/mol. The topological polar surface area (TPSA) is 68.8 Å². The van der Waals surface area contributed by atoms with Gasteiger partial charge in [-0.25, -0.2) is 0 Å². The fraction of sp³-hybridized carbons (Fsp3) is 0.556. The van der Waals surface area contributed by atoms with Crippen LogP contribution in [0, 0.1) is 0 Å². The van der Waals surface area contributed by atoms with Crippen LogP contribution in [0.25, 0.3) is 0 Å². The zero-order chi connectivity index (χ0) is 19.7. The molecule has 0 bridgehead atoms. The summed E-state index contributed by atoms with van der Waals surface area (Å²) in [6.45, 7) is 3.14. The van der Waals surface area contributed by atoms with Gasteiger partial charge in [-0.15, -0.1) is 24.0 Å². The number of aliphatic imine (C=N–C) groups is 1. The first-order valence-corrected chi connectivity index (χ1v) is 9.04. The Balaban J connectivity index is 0.00000392. The summed E-state index contributed by atoms with van der Waals surface area (Å²) < 4.78 is 37.4. The molecular formula is C18H27F3IN5O. The summed E-state index contributed by atoms with van der Waals surface area (Å²) in [5, 5.41) is 9.04. The van der Waals surface area contributed by atoms with Crippen molar-refractivity contribution in [1.29, 1.82) is 0 Å². The van der Waals surface area contributed by atoms with Crippen molar-refractivity contribution < 1.29 is 18.0 Å². The number of alkyl halides is 3. The quantitative estimate of drug-likeness (QED) is 0.227. The van der Waals surface area contributed by atoms with E-state index in [-0.39, 0.29) is 35.9 Å². The fourth-order valence-corrected chi connectivity index (χ4v) is 2.89. The largest absolute Gasteiger partial charge is 0.401 e. The van der Waals surface area contributed by atoms with E-state index in [4.69, 9.17) is 0 Å². The lowest BCUT2D eigenvalue weighted by Crippen LogP contribution is -2.45. The number of guanidine groups is 1. The van der Waals surface area contributed by atoms with Crippen LogP contribution in [0.4, 0.5) is 13.2 Å². The summed E-state index contributed by atoms with van der Waals surface area (Å²) >= 11 is 0. The van der Waals surface area contributed by atoms with E-state index in [1.54, 1.807) is 24.3 Å². The van der Waals surface area contributed by atoms with Crippen molar-refractivity contribution in [2.45, 2.75) is 25.6 Å². The van der Waals surface area contributed by atoms with Crippen molar-refractivity contribution in [1.82, 2.24) is 20.9 Å². The minimum atomic E-state index is -4.18. The maximum atomic E-state index is 12.5. The van der Waals surface area contributed by atoms with E-state index in [0.29, 0.717) is 50.7 Å². The smallest absolute Gasteiger partial charge is 0.357 e. The fourth-order valence-electron chi connectivity index (χ4n) is 2.89. The Labute approximate surface area is 180 Å². The van der Waals surface area contributed by atoms with Crippen LogP contribution in [0.2, 0.25) is 0 Å². The van der Waals surface area contributed by atoms with Crippen LogP contribution in [0.15, 0.2) is 35.3 Å². The van der Waals surface area contributed by atoms with Crippen molar-refractivity contribution in [3.05, 3.63) is 35.9 Å². The van der Waals surface area contributed by atoms with Gasteiger partial charge in [0.25, 0.3) is 5.91 Å². The standard InChI is InChI=1S/C18H26F3N5O.HI/c1-2-22-17(25-15-8-11-26(12-15)13-18(19,20)21)24-10-9-23-16(27)14-6-4-3-5-7-14;/h3-7,15H,2,8-13H2,1H3,(H,23,27)(H2,22,24,25);1H. The van der Waals surface area contributed by atoms with Gasteiger partial charge in [-0.2, -0.15) is 13.2 Å². The lowest BCUT2D eigenvalue weighted by Gasteiger charge is -2.19. The van der Waals surface area contributed by atoms with E-state index in [9.17, 15) is 18.0 Å². The van der Waals surface area contributed by atoms with Gasteiger partial charge in [0.05, 0.1) is 13.1 Å². The maximum Gasteiger partial charge on any atom is 0.401 e. The van der Waals surface area contributed by atoms with E-state index in [1.165, 1.54) is 4.90 Å². The first-order valence-electron chi connectivity index (χ1n) is 9.04. The number of amides is 1. The van der Waals surface area contributed by atoms with Gasteiger partial charge in [-0.05, 0) is 25.5 Å². The van der Waals surface area contributed by atoms with Crippen molar-refractivity contribution >= 4 is 35.8 Å². The van der Waals surface area contributed by atoms with E-state index < -0.39 is 12.7 Å². The summed E-state index contributed by atoms with van der Waals surface area (Å²) in [4.78, 5) is 17.7. The molecule has 2 rings (SSSR count). The summed E-state index contributed by atoms with van der Waals surface area (Å²) in [7, 11) is 0. The van der Waals surface area contributed by atoms with Crippen molar-refractivity contribution in [3.8, 4) is 0 Å². The number of rotatable bonds is 7. The van der Waals surface area contributed by atoms with Crippen LogP contribution < -0.4 is 16.0 Å². The van der Waals surface area contributed by atoms with Gasteiger partial charge in [0.15, 0.2) is 5.96 Å². The number of hydrogen-bond acceptors (Lipinski definition) is 3. The Morgan fingerprint density at radius 2 is 1.96 bits per heavy atom. The van der Waals surface area contributed by atoms with Gasteiger partial charge in [0.2, 0.25) is 0 Å². The lowest BCUT2D eigenvalue weighted by atomic mass is 10.2. The average Bonchev–Trinajstić information content (AvgIpc) is 3.04. The molecule has 158 valence electrons. The highest BCUT2D eigenvalue weighted by Crippen LogP contribution is 2.19. The second kappa shape index (κ2) is 12.1. The minimum absolute atomic E-state index is 0. The summed E-state index contributed by atoms with van der Waals surface area (Å²) in [6, 6.07) is 8.82. The molecule has 1 amide bonds. The van der Waals surface area contributed by atoms with Crippen LogP contribution in [0.3, 0.4) is 0 Å². The molecule has 1 aromatic carbocycles. The Morgan fingerprint density at radius 1 is 1.25 bits per heavy atom. The molecule has 1 aliphatic heterocycles. The average molecular weight is 513 g/mol. The number of carbonyl (C=O) groups excluding carboxylic acids is 1. The van der Waals surface area contributed by atoms with Crippen LogP contribution in [0.5, 0.6) is 0 Å². The van der Waals surface area contributed by atoms with Crippen molar-refractivity contribution in [3.63, 3.8) is 0 Å². The van der Waals surface area contributed by atoms with Crippen LogP contribution in [-0.4, -0.2) is 68.3 Å². The Morgan fingerprint density at radius 3 is 2.61 bits per heavy atom. The molecule has 0 radical (unpaired) electrons. The van der Waals surface area contributed by atoms with Gasteiger partial charge in [-0.1, -0.05) is 18.2 Å². The lowest BCUT2D eigenvalue weighted by molar-refractivity contribution is -0.143. The number of benzene rings is 1. The predicted octanol–water partition coefficient (Wildman–Crippen LogP) is 2.23. The number of hydrogen-bond donors (Lipinski definition) is 3. The third-order valence-corrected chi connectivity index (χ3v) is 4.06. The van der Waals surface area contributed by atoms with Crippen LogP contribution in [-0.2, 0) is 0 Å². The van der Waals surface area contributed by atoms with Gasteiger partial charge in [0.1, 0.15) is 0 Å². The third kappa shape index (κ3) is 9.09. The zero-order valence-electron chi connectivity index (χ0n) is 15.8. The molecule has 1 atom stereocenters. The van der Waals surface area contributed by atoms with Crippen LogP contribution >= 0.6 is 24.0 Å². The Kier molecular flexibility index (Phi) is 10.6. The highest BCUT2D eigenvalue weighted by atomic mass is 127.